The molecule has 0 atom stereocenters. The molecular formula is C19H26N6O3. The van der Waals surface area contributed by atoms with Gasteiger partial charge in [-0.05, 0) is 23.6 Å². The summed E-state index contributed by atoms with van der Waals surface area (Å²) >= 11 is 0. The van der Waals surface area contributed by atoms with E-state index in [4.69, 9.17) is 4.74 Å². The van der Waals surface area contributed by atoms with Crippen molar-refractivity contribution in [2.24, 2.45) is 0 Å². The van der Waals surface area contributed by atoms with Crippen LogP contribution in [0.4, 0.5) is 23.0 Å². The maximum absolute atomic E-state index is 11.7. The first-order chi connectivity index (χ1) is 13.5. The molecule has 1 aromatic heterocycles. The number of hydrogen-bond donors (Lipinski definition) is 2. The molecule has 9 nitrogen and oxygen atoms in total. The number of nitrogens with zero attached hydrogens (tertiary/aromatic N) is 4. The lowest BCUT2D eigenvalue weighted by molar-refractivity contribution is -0.383. The molecule has 1 aromatic carbocycles. The minimum Gasteiger partial charge on any atom is -0.379 e. The van der Waals surface area contributed by atoms with Crippen molar-refractivity contribution in [3.8, 4) is 0 Å². The maximum atomic E-state index is 11.7. The Morgan fingerprint density at radius 3 is 2.50 bits per heavy atom. The summed E-state index contributed by atoms with van der Waals surface area (Å²) in [4.78, 5) is 21.6. The van der Waals surface area contributed by atoms with E-state index in [2.05, 4.69) is 39.3 Å². The third-order valence-corrected chi connectivity index (χ3v) is 4.67. The summed E-state index contributed by atoms with van der Waals surface area (Å²) in [5.74, 6) is 0.811. The number of benzene rings is 1. The van der Waals surface area contributed by atoms with Crippen molar-refractivity contribution >= 4 is 23.0 Å². The smallest absolute Gasteiger partial charge is 0.353 e. The Balaban J connectivity index is 1.70. The normalized spacial score (nSPS) is 14.8. The zero-order chi connectivity index (χ0) is 19.9. The van der Waals surface area contributed by atoms with Crippen LogP contribution in [0.3, 0.4) is 0 Å². The largest absolute Gasteiger partial charge is 0.379 e. The van der Waals surface area contributed by atoms with E-state index in [9.17, 15) is 10.1 Å². The van der Waals surface area contributed by atoms with E-state index in [1.54, 1.807) is 0 Å². The molecule has 0 spiro atoms. The first-order valence-electron chi connectivity index (χ1n) is 9.45. The minimum absolute atomic E-state index is 0.155. The first-order valence-corrected chi connectivity index (χ1v) is 9.45. The minimum atomic E-state index is -0.456. The van der Waals surface area contributed by atoms with Gasteiger partial charge in [0.25, 0.3) is 0 Å². The van der Waals surface area contributed by atoms with Gasteiger partial charge in [0, 0.05) is 31.9 Å². The summed E-state index contributed by atoms with van der Waals surface area (Å²) in [5.41, 5.74) is 1.79. The number of ether oxygens (including phenoxy) is 1. The predicted molar refractivity (Wildman–Crippen MR) is 108 cm³/mol. The Hall–Kier alpha value is -2.78. The molecule has 3 rings (SSSR count). The number of morpholine rings is 1. The molecule has 150 valence electrons. The Morgan fingerprint density at radius 2 is 1.86 bits per heavy atom. The lowest BCUT2D eigenvalue weighted by atomic mass is 10.0. The molecule has 2 N–H and O–H groups in total. The van der Waals surface area contributed by atoms with E-state index in [0.717, 1.165) is 38.5 Å². The molecule has 0 radical (unpaired) electrons. The zero-order valence-corrected chi connectivity index (χ0v) is 16.2. The predicted octanol–water partition coefficient (Wildman–Crippen LogP) is 3.00. The monoisotopic (exact) mass is 386 g/mol. The maximum Gasteiger partial charge on any atom is 0.353 e. The molecule has 2 heterocycles. The SMILES string of the molecule is CC(C)c1ccc(Nc2ncnc(NCCN3CCOCC3)c2[N+](=O)[O-])cc1. The third-order valence-electron chi connectivity index (χ3n) is 4.67. The van der Waals surface area contributed by atoms with Gasteiger partial charge >= 0.3 is 5.69 Å². The molecule has 9 heteroatoms. The fraction of sp³-hybridized carbons (Fsp3) is 0.474. The van der Waals surface area contributed by atoms with Crippen LogP contribution in [0.5, 0.6) is 0 Å². The molecule has 1 aliphatic rings. The highest BCUT2D eigenvalue weighted by atomic mass is 16.6. The van der Waals surface area contributed by atoms with Gasteiger partial charge in [-0.1, -0.05) is 26.0 Å². The van der Waals surface area contributed by atoms with E-state index >= 15 is 0 Å². The molecule has 2 aromatic rings. The highest BCUT2D eigenvalue weighted by molar-refractivity contribution is 5.73. The van der Waals surface area contributed by atoms with Crippen molar-refractivity contribution < 1.29 is 9.66 Å². The van der Waals surface area contributed by atoms with E-state index in [1.807, 2.05) is 24.3 Å². The highest BCUT2D eigenvalue weighted by Crippen LogP contribution is 2.31. The quantitative estimate of drug-likeness (QED) is 0.527. The van der Waals surface area contributed by atoms with Gasteiger partial charge in [0.05, 0.1) is 18.1 Å². The summed E-state index contributed by atoms with van der Waals surface area (Å²) in [5, 5.41) is 17.8. The van der Waals surface area contributed by atoms with Gasteiger partial charge < -0.3 is 15.4 Å². The summed E-state index contributed by atoms with van der Waals surface area (Å²) in [6.07, 6.45) is 1.33. The molecule has 0 unspecified atom stereocenters. The molecule has 1 saturated heterocycles. The summed E-state index contributed by atoms with van der Waals surface area (Å²) in [7, 11) is 0. The highest BCUT2D eigenvalue weighted by Gasteiger charge is 2.23. The van der Waals surface area contributed by atoms with Gasteiger partial charge in [-0.2, -0.15) is 0 Å². The summed E-state index contributed by atoms with van der Waals surface area (Å²) < 4.78 is 5.33. The Morgan fingerprint density at radius 1 is 1.18 bits per heavy atom. The average Bonchev–Trinajstić information content (AvgIpc) is 2.69. The average molecular weight is 386 g/mol. The Bertz CT molecular complexity index is 791. The van der Waals surface area contributed by atoms with Crippen molar-refractivity contribution in [3.63, 3.8) is 0 Å². The standard InChI is InChI=1S/C19H26N6O3/c1-14(2)15-3-5-16(6-4-15)23-19-17(25(26)27)18(21-13-22-19)20-7-8-24-9-11-28-12-10-24/h3-6,13-14H,7-12H2,1-2H3,(H2,20,21,22,23). The lowest BCUT2D eigenvalue weighted by Crippen LogP contribution is -2.39. The van der Waals surface area contributed by atoms with Crippen molar-refractivity contribution in [3.05, 3.63) is 46.3 Å². The Kier molecular flexibility index (Phi) is 6.72. The van der Waals surface area contributed by atoms with E-state index < -0.39 is 4.92 Å². The molecule has 0 saturated carbocycles. The van der Waals surface area contributed by atoms with Crippen LogP contribution >= 0.6 is 0 Å². The van der Waals surface area contributed by atoms with Crippen LogP contribution in [0.1, 0.15) is 25.3 Å². The second-order valence-electron chi connectivity index (χ2n) is 6.96. The topological polar surface area (TPSA) is 105 Å². The number of aromatic nitrogens is 2. The molecule has 0 aliphatic carbocycles. The molecular weight excluding hydrogens is 360 g/mol. The Labute approximate surface area is 164 Å². The van der Waals surface area contributed by atoms with Crippen LogP contribution < -0.4 is 10.6 Å². The van der Waals surface area contributed by atoms with Crippen LogP contribution in [-0.4, -0.2) is 59.2 Å². The first kappa shape index (κ1) is 20.0. The van der Waals surface area contributed by atoms with Crippen molar-refractivity contribution in [2.75, 3.05) is 50.0 Å². The van der Waals surface area contributed by atoms with Gasteiger partial charge in [0.1, 0.15) is 6.33 Å². The molecule has 0 bridgehead atoms. The van der Waals surface area contributed by atoms with Crippen molar-refractivity contribution in [2.45, 2.75) is 19.8 Å². The van der Waals surface area contributed by atoms with Gasteiger partial charge in [-0.15, -0.1) is 0 Å². The van der Waals surface area contributed by atoms with E-state index in [-0.39, 0.29) is 17.3 Å². The van der Waals surface area contributed by atoms with Crippen LogP contribution in [0.2, 0.25) is 0 Å². The van der Waals surface area contributed by atoms with Crippen LogP contribution in [0.15, 0.2) is 30.6 Å². The summed E-state index contributed by atoms with van der Waals surface area (Å²) in [6.45, 7) is 8.73. The van der Waals surface area contributed by atoms with Crippen LogP contribution in [0.25, 0.3) is 0 Å². The number of anilines is 3. The van der Waals surface area contributed by atoms with Crippen molar-refractivity contribution in [1.29, 1.82) is 0 Å². The molecule has 1 fully saturated rings. The van der Waals surface area contributed by atoms with Crippen LogP contribution in [0, 0.1) is 10.1 Å². The molecule has 28 heavy (non-hydrogen) atoms. The van der Waals surface area contributed by atoms with Crippen molar-refractivity contribution in [1.82, 2.24) is 14.9 Å². The van der Waals surface area contributed by atoms with Gasteiger partial charge in [0.2, 0.25) is 11.6 Å². The van der Waals surface area contributed by atoms with Crippen LogP contribution in [-0.2, 0) is 4.74 Å². The lowest BCUT2D eigenvalue weighted by Gasteiger charge is -2.26. The number of nitrogens with one attached hydrogen (secondary N) is 2. The van der Waals surface area contributed by atoms with Gasteiger partial charge in [-0.3, -0.25) is 15.0 Å². The third kappa shape index (κ3) is 5.14. The van der Waals surface area contributed by atoms with Gasteiger partial charge in [0.15, 0.2) is 0 Å². The fourth-order valence-corrected chi connectivity index (χ4v) is 3.02. The summed E-state index contributed by atoms with van der Waals surface area (Å²) in [6, 6.07) is 7.79. The second kappa shape index (κ2) is 9.43. The molecule has 0 amide bonds. The van der Waals surface area contributed by atoms with E-state index in [1.165, 1.54) is 11.9 Å². The van der Waals surface area contributed by atoms with E-state index in [0.29, 0.717) is 12.5 Å². The number of rotatable bonds is 8. The zero-order valence-electron chi connectivity index (χ0n) is 16.2. The second-order valence-corrected chi connectivity index (χ2v) is 6.96. The number of nitro groups is 1. The van der Waals surface area contributed by atoms with Gasteiger partial charge in [-0.25, -0.2) is 9.97 Å². The number of hydrogen-bond acceptors (Lipinski definition) is 8. The fourth-order valence-electron chi connectivity index (χ4n) is 3.02. The molecule has 1 aliphatic heterocycles.